The summed E-state index contributed by atoms with van der Waals surface area (Å²) in [5.41, 5.74) is 8.82. The monoisotopic (exact) mass is 432 g/mol. The van der Waals surface area contributed by atoms with E-state index >= 15 is 0 Å². The van der Waals surface area contributed by atoms with Crippen molar-refractivity contribution < 1.29 is 0 Å². The van der Waals surface area contributed by atoms with Crippen molar-refractivity contribution in [2.45, 2.75) is 55.4 Å². The third-order valence-corrected chi connectivity index (χ3v) is 9.65. The molecule has 0 amide bonds. The molecule has 0 heteroatoms. The van der Waals surface area contributed by atoms with Crippen LogP contribution in [0.25, 0.3) is 38.2 Å². The van der Waals surface area contributed by atoms with Gasteiger partial charge in [-0.2, -0.15) is 0 Å². The molecule has 0 unspecified atom stereocenters. The van der Waals surface area contributed by atoms with Gasteiger partial charge in [-0.1, -0.05) is 120 Å². The van der Waals surface area contributed by atoms with Crippen LogP contribution < -0.4 is 0 Å². The fourth-order valence-electron chi connectivity index (χ4n) is 6.34. The van der Waals surface area contributed by atoms with Crippen molar-refractivity contribution in [3.63, 3.8) is 0 Å². The predicted octanol–water partition coefficient (Wildman–Crippen LogP) is 9.83. The summed E-state index contributed by atoms with van der Waals surface area (Å²) >= 11 is 0. The van der Waals surface area contributed by atoms with E-state index in [1.807, 2.05) is 0 Å². The number of fused-ring (bicyclic) bond motifs is 2. The third-order valence-electron chi connectivity index (χ3n) is 9.65. The minimum absolute atomic E-state index is 0.0380. The lowest BCUT2D eigenvalue weighted by Gasteiger charge is -2.46. The lowest BCUT2D eigenvalue weighted by Crippen LogP contribution is -2.39. The molecule has 0 atom stereocenters. The molecule has 0 aromatic heterocycles. The third kappa shape index (κ3) is 2.83. The Bertz CT molecular complexity index is 1440. The van der Waals surface area contributed by atoms with E-state index in [0.717, 1.165) is 0 Å². The summed E-state index contributed by atoms with van der Waals surface area (Å²) in [5, 5.41) is 5.28. The van der Waals surface area contributed by atoms with E-state index in [9.17, 15) is 0 Å². The molecule has 0 aliphatic heterocycles. The smallest absolute Gasteiger partial charge is 0.00210 e. The van der Waals surface area contributed by atoms with Crippen LogP contribution >= 0.6 is 0 Å². The van der Waals surface area contributed by atoms with Crippen LogP contribution in [0.2, 0.25) is 0 Å². The summed E-state index contributed by atoms with van der Waals surface area (Å²) in [6, 6.07) is 27.0. The Kier molecular flexibility index (Phi) is 4.70. The highest BCUT2D eigenvalue weighted by atomic mass is 14.6. The van der Waals surface area contributed by atoms with Crippen LogP contribution in [0.15, 0.2) is 78.4 Å². The molecular weight excluding hydrogens is 396 g/mol. The topological polar surface area (TPSA) is 0 Å². The number of benzene rings is 4. The Hall–Kier alpha value is -2.86. The fourth-order valence-corrected chi connectivity index (χ4v) is 6.34. The fraction of sp³-hybridized carbons (Fsp3) is 0.333. The normalized spacial score (nSPS) is 18.9. The quantitative estimate of drug-likeness (QED) is 0.295. The molecule has 0 nitrogen and oxygen atoms in total. The minimum Gasteiger partial charge on any atom is -0.0627 e. The van der Waals surface area contributed by atoms with Gasteiger partial charge in [-0.05, 0) is 79.5 Å². The molecule has 4 aromatic rings. The van der Waals surface area contributed by atoms with E-state index in [4.69, 9.17) is 0 Å². The molecule has 1 aliphatic rings. The van der Waals surface area contributed by atoms with Gasteiger partial charge in [0.15, 0.2) is 0 Å². The molecule has 33 heavy (non-hydrogen) atoms. The summed E-state index contributed by atoms with van der Waals surface area (Å²) in [4.78, 5) is 0. The van der Waals surface area contributed by atoms with E-state index in [2.05, 4.69) is 128 Å². The molecule has 0 bridgehead atoms. The van der Waals surface area contributed by atoms with Gasteiger partial charge < -0.3 is 0 Å². The Morgan fingerprint density at radius 3 is 1.58 bits per heavy atom. The molecule has 4 aromatic carbocycles. The first-order valence-corrected chi connectivity index (χ1v) is 12.2. The number of aryl methyl sites for hydroxylation is 1. The van der Waals surface area contributed by atoms with Crippen molar-refractivity contribution in [2.24, 2.45) is 16.2 Å². The first-order valence-electron chi connectivity index (χ1n) is 12.2. The highest BCUT2D eigenvalue weighted by molar-refractivity contribution is 6.10. The number of allylic oxidation sites excluding steroid dienone is 2. The highest BCUT2D eigenvalue weighted by Gasteiger charge is 2.57. The Labute approximate surface area is 199 Å². The van der Waals surface area contributed by atoms with Gasteiger partial charge in [0.25, 0.3) is 0 Å². The summed E-state index contributed by atoms with van der Waals surface area (Å²) in [7, 11) is 0. The Morgan fingerprint density at radius 2 is 1.03 bits per heavy atom. The average molecular weight is 433 g/mol. The van der Waals surface area contributed by atoms with Gasteiger partial charge in [0.05, 0.1) is 0 Å². The van der Waals surface area contributed by atoms with Crippen molar-refractivity contribution in [1.82, 2.24) is 0 Å². The molecule has 0 saturated heterocycles. The predicted molar refractivity (Wildman–Crippen MR) is 146 cm³/mol. The zero-order valence-corrected chi connectivity index (χ0v) is 21.4. The van der Waals surface area contributed by atoms with Crippen molar-refractivity contribution in [1.29, 1.82) is 0 Å². The van der Waals surface area contributed by atoms with Crippen LogP contribution in [0.1, 0.15) is 59.6 Å². The molecule has 0 radical (unpaired) electrons. The van der Waals surface area contributed by atoms with Crippen LogP contribution in [0, 0.1) is 23.2 Å². The van der Waals surface area contributed by atoms with Gasteiger partial charge in [0.1, 0.15) is 0 Å². The van der Waals surface area contributed by atoms with Crippen molar-refractivity contribution >= 4 is 27.1 Å². The SMILES string of the molecule is CC1=C(c2ccc3ccccc3c2-c2c(C)ccc3ccccc23)C(C)(C)C(C)(C)C1(C)C. The summed E-state index contributed by atoms with van der Waals surface area (Å²) in [5.74, 6) is 0. The largest absolute Gasteiger partial charge is 0.0627 e. The Morgan fingerprint density at radius 1 is 0.515 bits per heavy atom. The van der Waals surface area contributed by atoms with Crippen molar-refractivity contribution in [3.8, 4) is 11.1 Å². The van der Waals surface area contributed by atoms with Gasteiger partial charge >= 0.3 is 0 Å². The summed E-state index contributed by atoms with van der Waals surface area (Å²) < 4.78 is 0. The van der Waals surface area contributed by atoms with Crippen molar-refractivity contribution in [2.75, 3.05) is 0 Å². The van der Waals surface area contributed by atoms with Crippen LogP contribution in [0.5, 0.6) is 0 Å². The maximum Gasteiger partial charge on any atom is -0.00210 e. The first-order chi connectivity index (χ1) is 15.5. The standard InChI is InChI=1S/C33H36/c1-21-17-18-23-13-9-11-15-25(23)28(21)29-26-16-12-10-14-24(26)19-20-27(29)30-22(2)31(3,4)33(7,8)32(30,5)6/h9-20H,1-8H3. The van der Waals surface area contributed by atoms with E-state index in [1.165, 1.54) is 54.9 Å². The molecule has 0 saturated carbocycles. The van der Waals surface area contributed by atoms with E-state index in [0.29, 0.717) is 0 Å². The number of hydrogen-bond acceptors (Lipinski definition) is 0. The highest BCUT2D eigenvalue weighted by Crippen LogP contribution is 2.68. The molecule has 0 fully saturated rings. The lowest BCUT2D eigenvalue weighted by molar-refractivity contribution is 0.0707. The zero-order chi connectivity index (χ0) is 23.8. The van der Waals surface area contributed by atoms with E-state index in [-0.39, 0.29) is 16.2 Å². The van der Waals surface area contributed by atoms with Gasteiger partial charge in [0.2, 0.25) is 0 Å². The number of hydrogen-bond donors (Lipinski definition) is 0. The second-order valence-corrected chi connectivity index (χ2v) is 11.6. The molecule has 0 heterocycles. The summed E-state index contributed by atoms with van der Waals surface area (Å²) in [6.45, 7) is 19.3. The van der Waals surface area contributed by atoms with Crippen LogP contribution in [-0.2, 0) is 0 Å². The molecule has 0 N–H and O–H groups in total. The average Bonchev–Trinajstić information content (AvgIpc) is 2.87. The maximum absolute atomic E-state index is 2.45. The van der Waals surface area contributed by atoms with E-state index in [1.54, 1.807) is 0 Å². The molecule has 168 valence electrons. The minimum atomic E-state index is 0.0380. The van der Waals surface area contributed by atoms with Gasteiger partial charge in [-0.25, -0.2) is 0 Å². The molecule has 5 rings (SSSR count). The Balaban J connectivity index is 1.98. The van der Waals surface area contributed by atoms with Gasteiger partial charge in [-0.3, -0.25) is 0 Å². The number of rotatable bonds is 2. The maximum atomic E-state index is 2.45. The second-order valence-electron chi connectivity index (χ2n) is 11.6. The van der Waals surface area contributed by atoms with Gasteiger partial charge in [-0.15, -0.1) is 0 Å². The zero-order valence-electron chi connectivity index (χ0n) is 21.4. The van der Waals surface area contributed by atoms with Crippen LogP contribution in [0.4, 0.5) is 0 Å². The van der Waals surface area contributed by atoms with E-state index < -0.39 is 0 Å². The molecule has 1 aliphatic carbocycles. The first kappa shape index (κ1) is 22.0. The second kappa shape index (κ2) is 7.07. The van der Waals surface area contributed by atoms with Crippen molar-refractivity contribution in [3.05, 3.63) is 89.5 Å². The lowest BCUT2D eigenvalue weighted by atomic mass is 9.57. The van der Waals surface area contributed by atoms with Gasteiger partial charge in [0, 0.05) is 0 Å². The molecule has 0 spiro atoms. The summed E-state index contributed by atoms with van der Waals surface area (Å²) in [6.07, 6.45) is 0. The molecular formula is C33H36. The van der Waals surface area contributed by atoms with Crippen LogP contribution in [-0.4, -0.2) is 0 Å². The van der Waals surface area contributed by atoms with Crippen LogP contribution in [0.3, 0.4) is 0 Å².